The van der Waals surface area contributed by atoms with Crippen LogP contribution < -0.4 is 5.32 Å². The fourth-order valence-corrected chi connectivity index (χ4v) is 3.74. The van der Waals surface area contributed by atoms with E-state index < -0.39 is 0 Å². The summed E-state index contributed by atoms with van der Waals surface area (Å²) in [5.41, 5.74) is 0. The van der Waals surface area contributed by atoms with E-state index in [9.17, 15) is 5.11 Å². The monoisotopic (exact) mass is 303 g/mol. The lowest BCUT2D eigenvalue weighted by Gasteiger charge is -2.31. The van der Waals surface area contributed by atoms with E-state index >= 15 is 0 Å². The lowest BCUT2D eigenvalue weighted by Crippen LogP contribution is -2.44. The lowest BCUT2D eigenvalue weighted by atomic mass is 9.95. The zero-order valence-corrected chi connectivity index (χ0v) is 14.3. The van der Waals surface area contributed by atoms with E-state index in [-0.39, 0.29) is 6.10 Å². The molecule has 0 amide bonds. The normalized spacial score (nSPS) is 25.1. The highest BCUT2D eigenvalue weighted by molar-refractivity contribution is 7.99. The maximum absolute atomic E-state index is 9.95. The Labute approximate surface area is 129 Å². The van der Waals surface area contributed by atoms with Gasteiger partial charge in [0.2, 0.25) is 0 Å². The number of rotatable bonds is 10. The van der Waals surface area contributed by atoms with Gasteiger partial charge >= 0.3 is 0 Å². The van der Waals surface area contributed by atoms with Crippen LogP contribution in [0.25, 0.3) is 0 Å². The highest BCUT2D eigenvalue weighted by Gasteiger charge is 2.24. The standard InChI is InChI=1S/C16H33NO2S/c1-13(2)7-6-10-19-12-14(18)11-17-15-8-4-5-9-16(15)20-3/h13-18H,4-12H2,1-3H3. The lowest BCUT2D eigenvalue weighted by molar-refractivity contribution is 0.0330. The topological polar surface area (TPSA) is 41.5 Å². The van der Waals surface area contributed by atoms with Gasteiger partial charge in [0.15, 0.2) is 0 Å². The third-order valence-electron chi connectivity index (χ3n) is 4.00. The molecule has 3 atom stereocenters. The van der Waals surface area contributed by atoms with Gasteiger partial charge in [0.25, 0.3) is 0 Å². The Hall–Kier alpha value is 0.230. The molecular weight excluding hydrogens is 270 g/mol. The van der Waals surface area contributed by atoms with Gasteiger partial charge in [-0.3, -0.25) is 0 Å². The minimum atomic E-state index is -0.376. The fraction of sp³-hybridized carbons (Fsp3) is 1.00. The molecule has 1 saturated carbocycles. The first-order valence-corrected chi connectivity index (χ1v) is 9.44. The van der Waals surface area contributed by atoms with Crippen LogP contribution in [0.3, 0.4) is 0 Å². The molecule has 1 aliphatic carbocycles. The average Bonchev–Trinajstić information content (AvgIpc) is 2.44. The van der Waals surface area contributed by atoms with Crippen LogP contribution in [0.2, 0.25) is 0 Å². The van der Waals surface area contributed by atoms with Gasteiger partial charge in [-0.15, -0.1) is 0 Å². The molecule has 0 spiro atoms. The summed E-state index contributed by atoms with van der Waals surface area (Å²) in [6.45, 7) is 6.34. The minimum Gasteiger partial charge on any atom is -0.389 e. The van der Waals surface area contributed by atoms with Gasteiger partial charge < -0.3 is 15.2 Å². The van der Waals surface area contributed by atoms with E-state index in [1.54, 1.807) is 0 Å². The highest BCUT2D eigenvalue weighted by atomic mass is 32.2. The number of aliphatic hydroxyl groups excluding tert-OH is 1. The Balaban J connectivity index is 2.05. The first kappa shape index (κ1) is 18.3. The van der Waals surface area contributed by atoms with Crippen LogP contribution in [0.15, 0.2) is 0 Å². The van der Waals surface area contributed by atoms with Gasteiger partial charge in [0.1, 0.15) is 0 Å². The molecule has 0 aromatic heterocycles. The first-order valence-electron chi connectivity index (χ1n) is 8.15. The smallest absolute Gasteiger partial charge is 0.0897 e. The van der Waals surface area contributed by atoms with Gasteiger partial charge in [-0.2, -0.15) is 11.8 Å². The quantitative estimate of drug-likeness (QED) is 0.609. The summed E-state index contributed by atoms with van der Waals surface area (Å²) >= 11 is 1.96. The maximum atomic E-state index is 9.95. The third kappa shape index (κ3) is 7.87. The Morgan fingerprint density at radius 1 is 1.30 bits per heavy atom. The Morgan fingerprint density at radius 3 is 2.75 bits per heavy atom. The van der Waals surface area contributed by atoms with Crippen molar-refractivity contribution < 1.29 is 9.84 Å². The molecule has 0 aromatic carbocycles. The van der Waals surface area contributed by atoms with E-state index in [2.05, 4.69) is 25.4 Å². The zero-order valence-electron chi connectivity index (χ0n) is 13.4. The molecule has 0 bridgehead atoms. The van der Waals surface area contributed by atoms with Crippen molar-refractivity contribution in [2.75, 3.05) is 26.0 Å². The number of aliphatic hydroxyl groups is 1. The fourth-order valence-electron chi connectivity index (χ4n) is 2.77. The predicted molar refractivity (Wildman–Crippen MR) is 88.5 cm³/mol. The van der Waals surface area contributed by atoms with E-state index in [1.165, 1.54) is 32.1 Å². The van der Waals surface area contributed by atoms with Crippen LogP contribution in [-0.4, -0.2) is 48.5 Å². The summed E-state index contributed by atoms with van der Waals surface area (Å²) in [4.78, 5) is 0. The van der Waals surface area contributed by atoms with Crippen LogP contribution in [0.5, 0.6) is 0 Å². The van der Waals surface area contributed by atoms with Crippen molar-refractivity contribution >= 4 is 11.8 Å². The van der Waals surface area contributed by atoms with Crippen molar-refractivity contribution in [2.24, 2.45) is 5.92 Å². The zero-order chi connectivity index (χ0) is 14.8. The van der Waals surface area contributed by atoms with Gasteiger partial charge in [0.05, 0.1) is 12.7 Å². The molecule has 2 N–H and O–H groups in total. The summed E-state index contributed by atoms with van der Waals surface area (Å²) < 4.78 is 5.54. The molecule has 0 radical (unpaired) electrons. The predicted octanol–water partition coefficient (Wildman–Crippen LogP) is 3.06. The number of hydrogen-bond acceptors (Lipinski definition) is 4. The summed E-state index contributed by atoms with van der Waals surface area (Å²) in [6.07, 6.45) is 9.33. The summed E-state index contributed by atoms with van der Waals surface area (Å²) in [5, 5.41) is 14.2. The van der Waals surface area contributed by atoms with Gasteiger partial charge in [-0.25, -0.2) is 0 Å². The molecule has 0 aromatic rings. The van der Waals surface area contributed by atoms with Crippen molar-refractivity contribution in [1.29, 1.82) is 0 Å². The highest BCUT2D eigenvalue weighted by Crippen LogP contribution is 2.26. The number of thioether (sulfide) groups is 1. The summed E-state index contributed by atoms with van der Waals surface area (Å²) in [6, 6.07) is 0.564. The molecule has 3 unspecified atom stereocenters. The van der Waals surface area contributed by atoms with Crippen molar-refractivity contribution in [1.82, 2.24) is 5.32 Å². The van der Waals surface area contributed by atoms with Gasteiger partial charge in [-0.1, -0.05) is 26.7 Å². The second kappa shape index (κ2) is 10.9. The van der Waals surface area contributed by atoms with Crippen LogP contribution in [-0.2, 0) is 4.74 Å². The number of ether oxygens (including phenoxy) is 1. The van der Waals surface area contributed by atoms with Crippen molar-refractivity contribution in [3.63, 3.8) is 0 Å². The molecule has 120 valence electrons. The molecule has 20 heavy (non-hydrogen) atoms. The summed E-state index contributed by atoms with van der Waals surface area (Å²) in [5.74, 6) is 0.736. The minimum absolute atomic E-state index is 0.376. The second-order valence-corrected chi connectivity index (χ2v) is 7.42. The molecule has 3 nitrogen and oxygen atoms in total. The van der Waals surface area contributed by atoms with Gasteiger partial charge in [0, 0.05) is 24.4 Å². The van der Waals surface area contributed by atoms with Crippen LogP contribution in [0.1, 0.15) is 52.4 Å². The number of nitrogens with one attached hydrogen (secondary N) is 1. The molecule has 4 heteroatoms. The first-order chi connectivity index (χ1) is 9.63. The van der Waals surface area contributed by atoms with Crippen molar-refractivity contribution in [3.8, 4) is 0 Å². The largest absolute Gasteiger partial charge is 0.389 e. The third-order valence-corrected chi connectivity index (χ3v) is 5.17. The maximum Gasteiger partial charge on any atom is 0.0897 e. The Kier molecular flexibility index (Phi) is 9.95. The number of hydrogen-bond donors (Lipinski definition) is 2. The van der Waals surface area contributed by atoms with Gasteiger partial charge in [-0.05, 0) is 37.9 Å². The van der Waals surface area contributed by atoms with Crippen LogP contribution in [0, 0.1) is 5.92 Å². The molecule has 1 fully saturated rings. The molecule has 0 heterocycles. The van der Waals surface area contributed by atoms with Crippen molar-refractivity contribution in [3.05, 3.63) is 0 Å². The Morgan fingerprint density at radius 2 is 2.05 bits per heavy atom. The van der Waals surface area contributed by atoms with Crippen LogP contribution in [0.4, 0.5) is 0 Å². The van der Waals surface area contributed by atoms with Crippen molar-refractivity contribution in [2.45, 2.75) is 69.8 Å². The Bertz CT molecular complexity index is 239. The summed E-state index contributed by atoms with van der Waals surface area (Å²) in [7, 11) is 0. The van der Waals surface area contributed by atoms with E-state index in [1.807, 2.05) is 11.8 Å². The average molecular weight is 304 g/mol. The van der Waals surface area contributed by atoms with E-state index in [0.717, 1.165) is 18.9 Å². The molecule has 0 saturated heterocycles. The molecule has 1 rings (SSSR count). The SMILES string of the molecule is CSC1CCCCC1NCC(O)COCCCC(C)C. The molecular formula is C16H33NO2S. The molecule has 1 aliphatic rings. The second-order valence-electron chi connectivity index (χ2n) is 6.34. The molecule has 0 aliphatic heterocycles. The van der Waals surface area contributed by atoms with Crippen LogP contribution >= 0.6 is 11.8 Å². The van der Waals surface area contributed by atoms with E-state index in [0.29, 0.717) is 24.4 Å². The van der Waals surface area contributed by atoms with E-state index in [4.69, 9.17) is 4.74 Å².